The topological polar surface area (TPSA) is 108 Å². The van der Waals surface area contributed by atoms with Crippen LogP contribution in [-0.2, 0) is 9.59 Å². The molecule has 2 aromatic heterocycles. The molecule has 0 saturated carbocycles. The fourth-order valence-electron chi connectivity index (χ4n) is 4.35. The van der Waals surface area contributed by atoms with Crippen molar-refractivity contribution in [2.24, 2.45) is 0 Å². The third-order valence-electron chi connectivity index (χ3n) is 5.70. The van der Waals surface area contributed by atoms with Gasteiger partial charge in [0.1, 0.15) is 11.8 Å². The molecule has 1 atom stereocenters. The number of hydrogen-bond acceptors (Lipinski definition) is 7. The molecule has 168 valence electrons. The summed E-state index contributed by atoms with van der Waals surface area (Å²) in [4.78, 5) is 47.2. The Morgan fingerprint density at radius 1 is 1.21 bits per heavy atom. The summed E-state index contributed by atoms with van der Waals surface area (Å²) in [5.74, 6) is 0.325. The number of H-pyrrole nitrogens is 1. The van der Waals surface area contributed by atoms with Crippen molar-refractivity contribution in [3.63, 3.8) is 0 Å². The highest BCUT2D eigenvalue weighted by Gasteiger charge is 2.40. The first-order valence-corrected chi connectivity index (χ1v) is 11.7. The summed E-state index contributed by atoms with van der Waals surface area (Å²) < 4.78 is 5.74. The maximum Gasteiger partial charge on any atom is 0.251 e. The number of aryl methyl sites for hydroxylation is 1. The first kappa shape index (κ1) is 21.3. The predicted molar refractivity (Wildman–Crippen MR) is 125 cm³/mol. The van der Waals surface area contributed by atoms with Crippen LogP contribution in [0.1, 0.15) is 36.8 Å². The maximum atomic E-state index is 13.7. The highest BCUT2D eigenvalue weighted by molar-refractivity contribution is 7.99. The molecule has 1 aliphatic carbocycles. The van der Waals surface area contributed by atoms with Crippen LogP contribution in [-0.4, -0.2) is 27.4 Å². The van der Waals surface area contributed by atoms with Crippen molar-refractivity contribution < 1.29 is 14.0 Å². The largest absolute Gasteiger partial charge is 0.467 e. The third kappa shape index (κ3) is 4.11. The van der Waals surface area contributed by atoms with Crippen LogP contribution in [0.3, 0.4) is 0 Å². The van der Waals surface area contributed by atoms with Gasteiger partial charge in [0.2, 0.25) is 5.91 Å². The van der Waals surface area contributed by atoms with Crippen molar-refractivity contribution in [2.45, 2.75) is 37.4 Å². The number of Topliss-reactive ketones (excluding diaryl/α,β-unsaturated/α-hetero) is 1. The van der Waals surface area contributed by atoms with E-state index >= 15 is 0 Å². The summed E-state index contributed by atoms with van der Waals surface area (Å²) in [7, 11) is 0. The molecule has 0 bridgehead atoms. The number of anilines is 2. The van der Waals surface area contributed by atoms with E-state index in [1.807, 2.05) is 24.3 Å². The lowest BCUT2D eigenvalue weighted by molar-refractivity contribution is -0.117. The van der Waals surface area contributed by atoms with E-state index in [2.05, 4.69) is 15.3 Å². The Morgan fingerprint density at radius 2 is 2.06 bits per heavy atom. The smallest absolute Gasteiger partial charge is 0.251 e. The van der Waals surface area contributed by atoms with Crippen molar-refractivity contribution in [1.29, 1.82) is 0 Å². The molecule has 2 aliphatic rings. The van der Waals surface area contributed by atoms with Gasteiger partial charge in [0.05, 0.1) is 23.4 Å². The molecule has 0 unspecified atom stereocenters. The number of fused-ring (bicyclic) bond motifs is 1. The molecule has 3 heterocycles. The molecule has 33 heavy (non-hydrogen) atoms. The molecule has 8 nitrogen and oxygen atoms in total. The van der Waals surface area contributed by atoms with E-state index in [1.165, 1.54) is 6.07 Å². The number of ketones is 1. The quantitative estimate of drug-likeness (QED) is 0.446. The number of aromatic amines is 1. The van der Waals surface area contributed by atoms with Crippen LogP contribution < -0.4 is 15.8 Å². The number of para-hydroxylation sites is 2. The molecule has 5 rings (SSSR count). The van der Waals surface area contributed by atoms with Crippen LogP contribution in [0.25, 0.3) is 0 Å². The minimum Gasteiger partial charge on any atom is -0.467 e. The monoisotopic (exact) mass is 462 g/mol. The lowest BCUT2D eigenvalue weighted by atomic mass is 9.88. The van der Waals surface area contributed by atoms with E-state index in [0.29, 0.717) is 34.3 Å². The van der Waals surface area contributed by atoms with Crippen LogP contribution in [0.5, 0.6) is 0 Å². The summed E-state index contributed by atoms with van der Waals surface area (Å²) in [5.41, 5.74) is 3.12. The van der Waals surface area contributed by atoms with Gasteiger partial charge in [0.25, 0.3) is 5.56 Å². The van der Waals surface area contributed by atoms with Crippen LogP contribution >= 0.6 is 11.8 Å². The number of aromatic nitrogens is 2. The van der Waals surface area contributed by atoms with Crippen LogP contribution in [0.15, 0.2) is 74.4 Å². The Bertz CT molecular complexity index is 1310. The normalized spacial score (nSPS) is 17.8. The Morgan fingerprint density at radius 3 is 2.85 bits per heavy atom. The summed E-state index contributed by atoms with van der Waals surface area (Å²) in [6.07, 6.45) is 3.46. The molecule has 3 aromatic rings. The van der Waals surface area contributed by atoms with Gasteiger partial charge < -0.3 is 14.7 Å². The van der Waals surface area contributed by atoms with Gasteiger partial charge in [-0.2, -0.15) is 0 Å². The Balaban J connectivity index is 1.59. The SMILES string of the molecule is Cc1cc(=O)[nH]c(SCC(=O)N2c3ccccc3NC3=C(C(=O)CCC3)[C@@H]2c2ccco2)n1. The molecule has 0 spiro atoms. The second kappa shape index (κ2) is 8.74. The van der Waals surface area contributed by atoms with Gasteiger partial charge in [-0.1, -0.05) is 23.9 Å². The number of thioether (sulfide) groups is 1. The van der Waals surface area contributed by atoms with Crippen LogP contribution in [0, 0.1) is 6.92 Å². The number of allylic oxidation sites excluding steroid dienone is 1. The average molecular weight is 463 g/mol. The number of nitrogens with one attached hydrogen (secondary N) is 2. The number of rotatable bonds is 4. The lowest BCUT2D eigenvalue weighted by Crippen LogP contribution is -2.39. The minimum atomic E-state index is -0.684. The number of nitrogens with zero attached hydrogens (tertiary/aromatic N) is 2. The van der Waals surface area contributed by atoms with Crippen molar-refractivity contribution in [3.8, 4) is 0 Å². The van der Waals surface area contributed by atoms with E-state index in [0.717, 1.165) is 36.0 Å². The Labute approximate surface area is 194 Å². The van der Waals surface area contributed by atoms with Crippen LogP contribution in [0.2, 0.25) is 0 Å². The third-order valence-corrected chi connectivity index (χ3v) is 6.56. The molecular formula is C24H22N4O4S. The Kier molecular flexibility index (Phi) is 5.63. The van der Waals surface area contributed by atoms with Crippen LogP contribution in [0.4, 0.5) is 11.4 Å². The summed E-state index contributed by atoms with van der Waals surface area (Å²) in [5, 5.41) is 3.79. The molecule has 2 N–H and O–H groups in total. The highest BCUT2D eigenvalue weighted by atomic mass is 32.2. The number of carbonyl (C=O) groups excluding carboxylic acids is 2. The van der Waals surface area contributed by atoms with Gasteiger partial charge in [-0.3, -0.25) is 19.3 Å². The number of amides is 1. The number of benzene rings is 1. The van der Waals surface area contributed by atoms with Crippen molar-refractivity contribution in [3.05, 3.63) is 81.8 Å². The lowest BCUT2D eigenvalue weighted by Gasteiger charge is -2.32. The molecule has 0 fully saturated rings. The van der Waals surface area contributed by atoms with E-state index in [9.17, 15) is 14.4 Å². The maximum absolute atomic E-state index is 13.7. The molecule has 1 aliphatic heterocycles. The first-order chi connectivity index (χ1) is 16.0. The first-order valence-electron chi connectivity index (χ1n) is 10.7. The minimum absolute atomic E-state index is 0.00749. The number of hydrogen-bond donors (Lipinski definition) is 2. The van der Waals surface area contributed by atoms with Gasteiger partial charge >= 0.3 is 0 Å². The zero-order chi connectivity index (χ0) is 22.9. The molecule has 1 amide bonds. The molecule has 9 heteroatoms. The van der Waals surface area contributed by atoms with Crippen molar-refractivity contribution >= 4 is 34.8 Å². The molecule has 0 saturated heterocycles. The molecule has 1 aromatic carbocycles. The van der Waals surface area contributed by atoms with Crippen molar-refractivity contribution in [2.75, 3.05) is 16.0 Å². The second-order valence-corrected chi connectivity index (χ2v) is 8.94. The zero-order valence-electron chi connectivity index (χ0n) is 18.0. The van der Waals surface area contributed by atoms with Crippen molar-refractivity contribution in [1.82, 2.24) is 9.97 Å². The molecule has 0 radical (unpaired) electrons. The Hall–Kier alpha value is -3.59. The molecular weight excluding hydrogens is 440 g/mol. The van der Waals surface area contributed by atoms with Gasteiger partial charge in [-0.05, 0) is 44.0 Å². The zero-order valence-corrected chi connectivity index (χ0v) is 18.8. The number of carbonyl (C=O) groups is 2. The van der Waals surface area contributed by atoms with Gasteiger partial charge in [-0.25, -0.2) is 4.98 Å². The average Bonchev–Trinajstić information content (AvgIpc) is 3.26. The van der Waals surface area contributed by atoms with Gasteiger partial charge in [0.15, 0.2) is 10.9 Å². The highest BCUT2D eigenvalue weighted by Crippen LogP contribution is 2.45. The predicted octanol–water partition coefficient (Wildman–Crippen LogP) is 3.97. The summed E-state index contributed by atoms with van der Waals surface area (Å²) in [6.45, 7) is 1.73. The second-order valence-electron chi connectivity index (χ2n) is 7.97. The summed E-state index contributed by atoms with van der Waals surface area (Å²) in [6, 6.07) is 11.8. The van der Waals surface area contributed by atoms with E-state index in [1.54, 1.807) is 30.2 Å². The fraction of sp³-hybridized carbons (Fsp3) is 0.250. The number of furan rings is 1. The van der Waals surface area contributed by atoms with E-state index in [4.69, 9.17) is 4.42 Å². The standard InChI is InChI=1S/C24H22N4O4S/c1-14-12-20(30)27-24(25-14)33-13-21(31)28-17-8-3-2-6-15(17)26-16-7-4-9-18(29)22(16)23(28)19-10-5-11-32-19/h2-3,5-6,8,10-12,23,26H,4,7,9,13H2,1H3,(H,25,27,30)/t23-/m0/s1. The van der Waals surface area contributed by atoms with Gasteiger partial charge in [-0.15, -0.1) is 0 Å². The van der Waals surface area contributed by atoms with E-state index < -0.39 is 6.04 Å². The van der Waals surface area contributed by atoms with E-state index in [-0.39, 0.29) is 23.0 Å². The van der Waals surface area contributed by atoms with Gasteiger partial charge in [0, 0.05) is 29.5 Å². The fourth-order valence-corrected chi connectivity index (χ4v) is 5.13. The summed E-state index contributed by atoms with van der Waals surface area (Å²) >= 11 is 1.15.